The number of nitrogens with zero attached hydrogens (tertiary/aromatic N) is 8. The summed E-state index contributed by atoms with van der Waals surface area (Å²) < 4.78 is 45.7. The van der Waals surface area contributed by atoms with Gasteiger partial charge in [0.25, 0.3) is 5.56 Å². The number of fused-ring (bicyclic) bond motifs is 5. The standard InChI is InChI=1S/C68H83N13O15S2/c1-9-68(54-35-56-59-52(39-80(56)61(85)53(54)41-93-62(68)86)50(51-19-13-14-20-55(51)75-59)27-30-81(43(4)5)98(7,8)91)96-67(90)94-40-44-21-23-47(24-22-44)74-60(84)46(17-15-28-70-63(69)87)34-57(83)58(42(2)3)76-66(89)95-65(88)71-29-32-92-33-31-79-38-48(77-78-79)25-26-49(82)18-12-10-11-16-45-36-72-64(97-6)73-37-45/h13-14,19-24,35-38,42-43,46,58H,7,9-10,12,15,17-18,25-34,39-41H2,1-6,8H3,(H,71,88)(H,74,84)(H,76,89)(H3,69,70,87)/t46-,58+,68+,98?/m1/s1. The Kier molecular flexibility index (Phi) is 26.2. The highest BCUT2D eigenvalue weighted by atomic mass is 32.2. The number of hydrogen-bond acceptors (Lipinski definition) is 21. The van der Waals surface area contributed by atoms with E-state index in [9.17, 15) is 47.4 Å². The van der Waals surface area contributed by atoms with E-state index in [1.165, 1.54) is 23.9 Å². The van der Waals surface area contributed by atoms with Crippen molar-refractivity contribution in [3.8, 4) is 23.2 Å². The maximum Gasteiger partial charge on any atom is 0.510 e. The van der Waals surface area contributed by atoms with Crippen LogP contribution in [0.25, 0.3) is 22.3 Å². The van der Waals surface area contributed by atoms with Gasteiger partial charge in [-0.15, -0.1) is 5.10 Å². The van der Waals surface area contributed by atoms with Gasteiger partial charge >= 0.3 is 30.3 Å². The number of para-hydroxylation sites is 1. The van der Waals surface area contributed by atoms with E-state index in [0.717, 1.165) is 22.1 Å². The number of benzene rings is 2. The molecule has 0 saturated heterocycles. The monoisotopic (exact) mass is 1390 g/mol. The van der Waals surface area contributed by atoms with Gasteiger partial charge in [-0.1, -0.05) is 79.9 Å². The number of nitrogens with one attached hydrogen (secondary N) is 4. The molecule has 0 spiro atoms. The normalized spacial score (nSPS) is 14.9. The largest absolute Gasteiger partial charge is 0.510 e. The summed E-state index contributed by atoms with van der Waals surface area (Å²) >= 11 is 1.45. The molecule has 4 aromatic heterocycles. The summed E-state index contributed by atoms with van der Waals surface area (Å²) in [5, 5.41) is 19.9. The quantitative estimate of drug-likeness (QED) is 0.00407. The minimum absolute atomic E-state index is 0.0255. The molecule has 6 heterocycles. The number of ketones is 2. The molecule has 0 aliphatic carbocycles. The third-order valence-electron chi connectivity index (χ3n) is 16.5. The van der Waals surface area contributed by atoms with Crippen LogP contribution >= 0.6 is 11.8 Å². The minimum Gasteiger partial charge on any atom is -0.457 e. The van der Waals surface area contributed by atoms with E-state index in [1.54, 1.807) is 73.1 Å². The number of thioether (sulfide) groups is 1. The molecule has 6 N–H and O–H groups in total. The van der Waals surface area contributed by atoms with E-state index in [2.05, 4.69) is 59.3 Å². The van der Waals surface area contributed by atoms with Gasteiger partial charge in [0.15, 0.2) is 10.9 Å². The Morgan fingerprint density at radius 2 is 1.69 bits per heavy atom. The average Bonchev–Trinajstić information content (AvgIpc) is 1.44. The van der Waals surface area contributed by atoms with Crippen LogP contribution in [0, 0.1) is 23.7 Å². The van der Waals surface area contributed by atoms with Crippen molar-refractivity contribution in [3.63, 3.8) is 0 Å². The second kappa shape index (κ2) is 34.6. The number of carbonyl (C=O) groups excluding carboxylic acids is 8. The summed E-state index contributed by atoms with van der Waals surface area (Å²) in [6.07, 6.45) is 7.77. The molecule has 8 rings (SSSR count). The first kappa shape index (κ1) is 74.2. The van der Waals surface area contributed by atoms with Gasteiger partial charge in [0.1, 0.15) is 19.0 Å². The van der Waals surface area contributed by atoms with Crippen LogP contribution in [0.4, 0.5) is 24.9 Å². The molecule has 0 saturated carbocycles. The number of ether oxygens (including phenoxy) is 5. The van der Waals surface area contributed by atoms with E-state index < -0.39 is 80.8 Å². The summed E-state index contributed by atoms with van der Waals surface area (Å²) in [4.78, 5) is 133. The van der Waals surface area contributed by atoms with E-state index in [4.69, 9.17) is 34.4 Å². The summed E-state index contributed by atoms with van der Waals surface area (Å²) in [7, 11) is -2.56. The van der Waals surface area contributed by atoms with Crippen molar-refractivity contribution < 1.29 is 66.2 Å². The van der Waals surface area contributed by atoms with Crippen LogP contribution in [0.15, 0.2) is 83.1 Å². The first-order valence-electron chi connectivity index (χ1n) is 32.2. The fourth-order valence-corrected chi connectivity index (χ4v) is 13.2. The molecule has 30 heteroatoms. The smallest absolute Gasteiger partial charge is 0.457 e. The van der Waals surface area contributed by atoms with Gasteiger partial charge in [-0.05, 0) is 106 Å². The average molecular weight is 1390 g/mol. The van der Waals surface area contributed by atoms with Crippen molar-refractivity contribution in [2.45, 2.75) is 148 Å². The van der Waals surface area contributed by atoms with Gasteiger partial charge in [0, 0.05) is 114 Å². The number of anilines is 1. The van der Waals surface area contributed by atoms with Crippen LogP contribution < -0.4 is 32.6 Å². The predicted octanol–water partition coefficient (Wildman–Crippen LogP) is 6.92. The first-order valence-corrected chi connectivity index (χ1v) is 35.5. The van der Waals surface area contributed by atoms with Gasteiger partial charge in [-0.2, -0.15) is 0 Å². The van der Waals surface area contributed by atoms with Crippen molar-refractivity contribution in [1.82, 2.24) is 54.8 Å². The van der Waals surface area contributed by atoms with Crippen molar-refractivity contribution in [1.29, 1.82) is 0 Å². The molecule has 2 aliphatic heterocycles. The SMILES string of the molecule is C=S(C)(=O)N(CCc1c2c(nc3ccccc13)-c1cc3c(c(=O)n1C2)COC(=O)[C@@]3(CC)OC(=O)OCc1ccc(NC(=O)[C@H](CCCNC(N)=O)CC(=O)[C@@H](NC(=O)OC(=O)NCCOCCn2cc(CCC(=O)CCCC#Cc3cnc(SC)nc3)nn2)C(C)C)cc1)C(C)C. The Morgan fingerprint density at radius 3 is 2.40 bits per heavy atom. The van der Waals surface area contributed by atoms with Gasteiger partial charge in [-0.3, -0.25) is 23.4 Å². The third-order valence-corrected chi connectivity index (χ3v) is 18.7. The second-order valence-electron chi connectivity index (χ2n) is 24.3. The molecule has 0 radical (unpaired) electrons. The maximum absolute atomic E-state index is 14.5. The maximum atomic E-state index is 14.5. The lowest BCUT2D eigenvalue weighted by Gasteiger charge is -2.35. The summed E-state index contributed by atoms with van der Waals surface area (Å²) in [6.45, 7) is 9.44. The van der Waals surface area contributed by atoms with Crippen molar-refractivity contribution in [2.75, 3.05) is 50.7 Å². The number of amides is 5. The molecule has 1 unspecified atom stereocenters. The Morgan fingerprint density at radius 1 is 0.939 bits per heavy atom. The van der Waals surface area contributed by atoms with Crippen molar-refractivity contribution >= 4 is 91.7 Å². The van der Waals surface area contributed by atoms with E-state index in [0.29, 0.717) is 90.6 Å². The zero-order valence-electron chi connectivity index (χ0n) is 56.0. The lowest BCUT2D eigenvalue weighted by molar-refractivity contribution is -0.175. The number of primary amides is 1. The third kappa shape index (κ3) is 19.8. The Bertz CT molecular complexity index is 4150. The Balaban J connectivity index is 0.795. The first-order chi connectivity index (χ1) is 46.9. The lowest BCUT2D eigenvalue weighted by atomic mass is 9.85. The fraction of sp³-hybridized carbons (Fsp3) is 0.456. The summed E-state index contributed by atoms with van der Waals surface area (Å²) in [6, 6.07) is 13.5. The van der Waals surface area contributed by atoms with E-state index in [1.807, 2.05) is 48.7 Å². The number of carbonyl (C=O) groups is 8. The molecule has 5 amide bonds. The number of aryl methyl sites for hydroxylation is 1. The summed E-state index contributed by atoms with van der Waals surface area (Å²) in [5.41, 5.74) is 8.51. The number of unbranched alkanes of at least 4 members (excludes halogenated alkanes) is 1. The van der Waals surface area contributed by atoms with Crippen LogP contribution in [-0.4, -0.2) is 154 Å². The van der Waals surface area contributed by atoms with Crippen LogP contribution in [0.1, 0.15) is 125 Å². The van der Waals surface area contributed by atoms with E-state index in [-0.39, 0.29) is 94.7 Å². The highest BCUT2D eigenvalue weighted by Gasteiger charge is 2.51. The van der Waals surface area contributed by atoms with Crippen LogP contribution in [0.3, 0.4) is 0 Å². The van der Waals surface area contributed by atoms with Crippen molar-refractivity contribution in [2.24, 2.45) is 17.6 Å². The number of urea groups is 1. The molecular weight excluding hydrogens is 1300 g/mol. The van der Waals surface area contributed by atoms with Crippen LogP contribution in [-0.2, 0) is 97.3 Å². The van der Waals surface area contributed by atoms with E-state index >= 15 is 0 Å². The van der Waals surface area contributed by atoms with Gasteiger partial charge in [0.05, 0.1) is 66.1 Å². The number of hydrogen-bond donors (Lipinski definition) is 5. The number of alkyl carbamates (subject to hydrolysis) is 2. The highest BCUT2D eigenvalue weighted by Crippen LogP contribution is 2.42. The number of pyridine rings is 2. The molecular formula is C68H83N13O15S2. The van der Waals surface area contributed by atoms with Gasteiger partial charge < -0.3 is 55.3 Å². The molecule has 4 atom stereocenters. The number of Topliss-reactive ketones (excluding diaryl/α,β-unsaturated/α-hetero) is 2. The number of esters is 1. The zero-order chi connectivity index (χ0) is 70.7. The predicted molar refractivity (Wildman–Crippen MR) is 366 cm³/mol. The lowest BCUT2D eigenvalue weighted by Crippen LogP contribution is -2.47. The molecule has 28 nitrogen and oxygen atoms in total. The fourth-order valence-electron chi connectivity index (χ4n) is 11.5. The molecule has 0 bridgehead atoms. The molecule has 6 aromatic rings. The van der Waals surface area contributed by atoms with Crippen LogP contribution in [0.5, 0.6) is 0 Å². The second-order valence-corrected chi connectivity index (χ2v) is 27.4. The summed E-state index contributed by atoms with van der Waals surface area (Å²) in [5.74, 6) is 6.60. The Labute approximate surface area is 572 Å². The van der Waals surface area contributed by atoms with Crippen LogP contribution in [0.2, 0.25) is 0 Å². The Hall–Kier alpha value is -9.57. The molecule has 98 heavy (non-hydrogen) atoms. The zero-order valence-corrected chi connectivity index (χ0v) is 57.6. The molecule has 522 valence electrons. The van der Waals surface area contributed by atoms with Gasteiger partial charge in [0.2, 0.25) is 11.5 Å². The molecule has 2 aliphatic rings. The number of cyclic esters (lactones) is 1. The van der Waals surface area contributed by atoms with Crippen molar-refractivity contribution in [3.05, 3.63) is 123 Å². The van der Waals surface area contributed by atoms with Gasteiger partial charge in [-0.25, -0.2) is 47.9 Å². The number of rotatable bonds is 33. The topological polar surface area (TPSA) is 369 Å². The molecule has 0 fully saturated rings. The minimum atomic E-state index is -2.56. The number of aromatic nitrogens is 7. The highest BCUT2D eigenvalue weighted by molar-refractivity contribution is 7.98. The molecule has 2 aromatic carbocycles. The number of nitrogens with two attached hydrogens (primary N) is 1.